The van der Waals surface area contributed by atoms with E-state index in [0.29, 0.717) is 11.3 Å². The van der Waals surface area contributed by atoms with E-state index in [1.54, 1.807) is 11.1 Å². The van der Waals surface area contributed by atoms with Gasteiger partial charge < -0.3 is 5.73 Å². The molecule has 0 aliphatic heterocycles. The SMILES string of the molecule is Cc1ccc2c(c1)C(CN)CC21CCC1. The van der Waals surface area contributed by atoms with Crippen LogP contribution in [-0.4, -0.2) is 6.54 Å². The van der Waals surface area contributed by atoms with E-state index in [2.05, 4.69) is 25.1 Å². The van der Waals surface area contributed by atoms with Gasteiger partial charge in [-0.3, -0.25) is 0 Å². The lowest BCUT2D eigenvalue weighted by Gasteiger charge is -2.39. The van der Waals surface area contributed by atoms with Gasteiger partial charge in [0.15, 0.2) is 0 Å². The number of benzene rings is 1. The molecule has 0 radical (unpaired) electrons. The summed E-state index contributed by atoms with van der Waals surface area (Å²) in [5, 5.41) is 0. The zero-order valence-corrected chi connectivity index (χ0v) is 9.42. The highest BCUT2D eigenvalue weighted by Crippen LogP contribution is 2.56. The van der Waals surface area contributed by atoms with Gasteiger partial charge in [0.05, 0.1) is 0 Å². The van der Waals surface area contributed by atoms with E-state index in [1.165, 1.54) is 31.2 Å². The average Bonchev–Trinajstić information content (AvgIpc) is 2.51. The molecular formula is C14H19N. The summed E-state index contributed by atoms with van der Waals surface area (Å²) in [4.78, 5) is 0. The van der Waals surface area contributed by atoms with Crippen LogP contribution in [0.5, 0.6) is 0 Å². The first-order valence-corrected chi connectivity index (χ1v) is 6.06. The Hall–Kier alpha value is -0.820. The van der Waals surface area contributed by atoms with Crippen LogP contribution in [0.3, 0.4) is 0 Å². The predicted molar refractivity (Wildman–Crippen MR) is 63.1 cm³/mol. The molecular weight excluding hydrogens is 182 g/mol. The molecule has 0 saturated heterocycles. The number of fused-ring (bicyclic) bond motifs is 2. The topological polar surface area (TPSA) is 26.0 Å². The van der Waals surface area contributed by atoms with Crippen LogP contribution in [0.4, 0.5) is 0 Å². The quantitative estimate of drug-likeness (QED) is 0.743. The third-order valence-corrected chi connectivity index (χ3v) is 4.45. The number of rotatable bonds is 1. The number of hydrogen-bond donors (Lipinski definition) is 1. The van der Waals surface area contributed by atoms with E-state index in [9.17, 15) is 0 Å². The van der Waals surface area contributed by atoms with Gasteiger partial charge in [-0.2, -0.15) is 0 Å². The Morgan fingerprint density at radius 2 is 2.20 bits per heavy atom. The second kappa shape index (κ2) is 3.08. The molecule has 1 spiro atoms. The van der Waals surface area contributed by atoms with Crippen LogP contribution in [-0.2, 0) is 5.41 Å². The van der Waals surface area contributed by atoms with Crippen molar-refractivity contribution in [3.05, 3.63) is 34.9 Å². The summed E-state index contributed by atoms with van der Waals surface area (Å²) in [5.74, 6) is 0.625. The summed E-state index contributed by atoms with van der Waals surface area (Å²) >= 11 is 0. The lowest BCUT2D eigenvalue weighted by atomic mass is 9.65. The maximum absolute atomic E-state index is 5.90. The molecule has 1 heteroatoms. The molecule has 0 aromatic heterocycles. The molecule has 2 aliphatic carbocycles. The van der Waals surface area contributed by atoms with Gasteiger partial charge in [-0.05, 0) is 55.2 Å². The smallest absolute Gasteiger partial charge is 0.000780 e. The van der Waals surface area contributed by atoms with Gasteiger partial charge in [0, 0.05) is 0 Å². The predicted octanol–water partition coefficient (Wildman–Crippen LogP) is 2.86. The van der Waals surface area contributed by atoms with Crippen molar-refractivity contribution < 1.29 is 0 Å². The van der Waals surface area contributed by atoms with Crippen molar-refractivity contribution in [3.8, 4) is 0 Å². The lowest BCUT2D eigenvalue weighted by Crippen LogP contribution is -2.32. The van der Waals surface area contributed by atoms with Crippen LogP contribution in [0.15, 0.2) is 18.2 Å². The van der Waals surface area contributed by atoms with E-state index in [4.69, 9.17) is 5.73 Å². The summed E-state index contributed by atoms with van der Waals surface area (Å²) in [5.41, 5.74) is 11.0. The number of hydrogen-bond acceptors (Lipinski definition) is 1. The monoisotopic (exact) mass is 201 g/mol. The van der Waals surface area contributed by atoms with Crippen molar-refractivity contribution in [2.45, 2.75) is 43.9 Å². The molecule has 3 rings (SSSR count). The molecule has 1 saturated carbocycles. The van der Waals surface area contributed by atoms with Crippen LogP contribution in [0.25, 0.3) is 0 Å². The van der Waals surface area contributed by atoms with Gasteiger partial charge in [-0.15, -0.1) is 0 Å². The highest BCUT2D eigenvalue weighted by Gasteiger charge is 2.46. The van der Waals surface area contributed by atoms with Crippen molar-refractivity contribution in [3.63, 3.8) is 0 Å². The maximum Gasteiger partial charge on any atom is -0.000780 e. The van der Waals surface area contributed by atoms with Crippen molar-refractivity contribution in [1.29, 1.82) is 0 Å². The minimum absolute atomic E-state index is 0.535. The first kappa shape index (κ1) is 9.41. The molecule has 2 aliphatic rings. The second-order valence-electron chi connectivity index (χ2n) is 5.36. The molecule has 2 N–H and O–H groups in total. The molecule has 0 heterocycles. The van der Waals surface area contributed by atoms with Crippen LogP contribution in [0, 0.1) is 6.92 Å². The second-order valence-corrected chi connectivity index (χ2v) is 5.36. The average molecular weight is 201 g/mol. The first-order valence-electron chi connectivity index (χ1n) is 6.06. The van der Waals surface area contributed by atoms with E-state index in [1.807, 2.05) is 0 Å². The fraction of sp³-hybridized carbons (Fsp3) is 0.571. The molecule has 80 valence electrons. The Morgan fingerprint density at radius 1 is 1.40 bits per heavy atom. The fourth-order valence-electron chi connectivity index (χ4n) is 3.48. The zero-order valence-electron chi connectivity index (χ0n) is 9.42. The molecule has 1 nitrogen and oxygen atoms in total. The fourth-order valence-corrected chi connectivity index (χ4v) is 3.48. The standard InChI is InChI=1S/C14H19N/c1-10-3-4-13-12(7-10)11(9-15)8-14(13)5-2-6-14/h3-4,7,11H,2,5-6,8-9,15H2,1H3. The Kier molecular flexibility index (Phi) is 1.93. The van der Waals surface area contributed by atoms with Gasteiger partial charge in [0.25, 0.3) is 0 Å². The highest BCUT2D eigenvalue weighted by atomic mass is 14.6. The van der Waals surface area contributed by atoms with Crippen LogP contribution in [0.2, 0.25) is 0 Å². The normalized spacial score (nSPS) is 26.4. The van der Waals surface area contributed by atoms with E-state index in [-0.39, 0.29) is 0 Å². The molecule has 1 aromatic carbocycles. The summed E-state index contributed by atoms with van der Waals surface area (Å²) in [7, 11) is 0. The minimum Gasteiger partial charge on any atom is -0.330 e. The molecule has 1 fully saturated rings. The molecule has 0 amide bonds. The third-order valence-electron chi connectivity index (χ3n) is 4.45. The Labute approximate surface area is 91.7 Å². The molecule has 0 bridgehead atoms. The van der Waals surface area contributed by atoms with Gasteiger partial charge in [-0.1, -0.05) is 30.2 Å². The molecule has 1 aromatic rings. The van der Waals surface area contributed by atoms with E-state index >= 15 is 0 Å². The first-order chi connectivity index (χ1) is 7.25. The van der Waals surface area contributed by atoms with Crippen LogP contribution >= 0.6 is 0 Å². The lowest BCUT2D eigenvalue weighted by molar-refractivity contribution is 0.233. The highest BCUT2D eigenvalue weighted by molar-refractivity contribution is 5.46. The summed E-state index contributed by atoms with van der Waals surface area (Å²) in [6.07, 6.45) is 5.49. The van der Waals surface area contributed by atoms with E-state index in [0.717, 1.165) is 6.54 Å². The number of aryl methyl sites for hydroxylation is 1. The van der Waals surface area contributed by atoms with Crippen LogP contribution < -0.4 is 5.73 Å². The largest absolute Gasteiger partial charge is 0.330 e. The Bertz CT molecular complexity index is 390. The summed E-state index contributed by atoms with van der Waals surface area (Å²) in [6.45, 7) is 3.00. The molecule has 15 heavy (non-hydrogen) atoms. The molecule has 1 atom stereocenters. The maximum atomic E-state index is 5.90. The van der Waals surface area contributed by atoms with Crippen molar-refractivity contribution in [2.24, 2.45) is 5.73 Å². The van der Waals surface area contributed by atoms with Crippen molar-refractivity contribution in [1.82, 2.24) is 0 Å². The Balaban J connectivity index is 2.10. The summed E-state index contributed by atoms with van der Waals surface area (Å²) in [6, 6.07) is 6.98. The van der Waals surface area contributed by atoms with Gasteiger partial charge in [0.2, 0.25) is 0 Å². The number of nitrogens with two attached hydrogens (primary N) is 1. The van der Waals surface area contributed by atoms with Gasteiger partial charge in [-0.25, -0.2) is 0 Å². The Morgan fingerprint density at radius 3 is 2.80 bits per heavy atom. The third kappa shape index (κ3) is 1.19. The van der Waals surface area contributed by atoms with Crippen molar-refractivity contribution in [2.75, 3.05) is 6.54 Å². The van der Waals surface area contributed by atoms with Gasteiger partial charge in [0.1, 0.15) is 0 Å². The van der Waals surface area contributed by atoms with Crippen LogP contribution in [0.1, 0.15) is 48.3 Å². The van der Waals surface area contributed by atoms with Crippen molar-refractivity contribution >= 4 is 0 Å². The minimum atomic E-state index is 0.535. The molecule has 1 unspecified atom stereocenters. The summed E-state index contributed by atoms with van der Waals surface area (Å²) < 4.78 is 0. The zero-order chi connectivity index (χ0) is 10.5. The van der Waals surface area contributed by atoms with Gasteiger partial charge >= 0.3 is 0 Å². The van der Waals surface area contributed by atoms with E-state index < -0.39 is 0 Å².